The Labute approximate surface area is 128 Å². The minimum Gasteiger partial charge on any atom is -0.482 e. The first kappa shape index (κ1) is 17.5. The van der Waals surface area contributed by atoms with E-state index in [0.29, 0.717) is 5.75 Å². The van der Waals surface area contributed by atoms with Gasteiger partial charge in [-0.25, -0.2) is 9.59 Å². The highest BCUT2D eigenvalue weighted by Crippen LogP contribution is 2.24. The van der Waals surface area contributed by atoms with Crippen molar-refractivity contribution in [3.63, 3.8) is 0 Å². The van der Waals surface area contributed by atoms with Gasteiger partial charge >= 0.3 is 12.0 Å². The first-order valence-corrected chi connectivity index (χ1v) is 6.67. The molecule has 0 heterocycles. The van der Waals surface area contributed by atoms with Gasteiger partial charge in [0.25, 0.3) is 5.91 Å². The van der Waals surface area contributed by atoms with Gasteiger partial charge in [0, 0.05) is 0 Å². The summed E-state index contributed by atoms with van der Waals surface area (Å²) in [5.41, 5.74) is 5.92. The molecule has 0 spiro atoms. The number of hydrogen-bond acceptors (Lipinski definition) is 5. The summed E-state index contributed by atoms with van der Waals surface area (Å²) in [7, 11) is 0. The van der Waals surface area contributed by atoms with Gasteiger partial charge < -0.3 is 15.2 Å². The molecule has 0 unspecified atom stereocenters. The third kappa shape index (κ3) is 6.25. The average molecular weight is 308 g/mol. The molecule has 0 radical (unpaired) electrons. The fourth-order valence-electron chi connectivity index (χ4n) is 1.55. The zero-order chi connectivity index (χ0) is 16.8. The summed E-state index contributed by atoms with van der Waals surface area (Å²) in [5, 5.41) is 1.77. The van der Waals surface area contributed by atoms with Gasteiger partial charge in [-0.2, -0.15) is 0 Å². The van der Waals surface area contributed by atoms with E-state index < -0.39 is 24.5 Å². The van der Waals surface area contributed by atoms with E-state index in [9.17, 15) is 14.4 Å². The number of urea groups is 1. The number of carbonyl (C=O) groups is 3. The maximum Gasteiger partial charge on any atom is 0.344 e. The molecule has 0 atom stereocenters. The molecule has 120 valence electrons. The van der Waals surface area contributed by atoms with E-state index >= 15 is 0 Å². The van der Waals surface area contributed by atoms with Crippen molar-refractivity contribution in [1.82, 2.24) is 5.32 Å². The number of ether oxygens (including phenoxy) is 2. The molecule has 1 rings (SSSR count). The Morgan fingerprint density at radius 2 is 1.68 bits per heavy atom. The fourth-order valence-corrected chi connectivity index (χ4v) is 1.55. The summed E-state index contributed by atoms with van der Waals surface area (Å²) in [6.07, 6.45) is 0. The zero-order valence-corrected chi connectivity index (χ0v) is 12.8. The number of primary amides is 1. The predicted octanol–water partition coefficient (Wildman–Crippen LogP) is 1.10. The Morgan fingerprint density at radius 1 is 1.09 bits per heavy atom. The summed E-state index contributed by atoms with van der Waals surface area (Å²) >= 11 is 0. The molecule has 0 saturated carbocycles. The van der Waals surface area contributed by atoms with Crippen molar-refractivity contribution < 1.29 is 23.9 Å². The van der Waals surface area contributed by atoms with Crippen LogP contribution in [0.4, 0.5) is 4.79 Å². The lowest BCUT2D eigenvalue weighted by molar-refractivity contribution is -0.150. The summed E-state index contributed by atoms with van der Waals surface area (Å²) in [6, 6.07) is 6.35. The average Bonchev–Trinajstić information content (AvgIpc) is 2.41. The molecule has 3 N–H and O–H groups in total. The number of nitrogens with two attached hydrogens (primary N) is 1. The van der Waals surface area contributed by atoms with Crippen molar-refractivity contribution in [2.24, 2.45) is 5.73 Å². The van der Waals surface area contributed by atoms with Crippen LogP contribution in [0.1, 0.15) is 26.3 Å². The number of nitrogens with one attached hydrogen (secondary N) is 1. The van der Waals surface area contributed by atoms with Crippen LogP contribution in [0.3, 0.4) is 0 Å². The number of amides is 3. The summed E-state index contributed by atoms with van der Waals surface area (Å²) < 4.78 is 9.87. The highest BCUT2D eigenvalue weighted by atomic mass is 16.6. The highest BCUT2D eigenvalue weighted by Gasteiger charge is 2.13. The second-order valence-electron chi connectivity index (χ2n) is 5.64. The smallest absolute Gasteiger partial charge is 0.344 e. The molecule has 7 heteroatoms. The molecular weight excluding hydrogens is 288 g/mol. The van der Waals surface area contributed by atoms with Crippen LogP contribution >= 0.6 is 0 Å². The summed E-state index contributed by atoms with van der Waals surface area (Å²) in [5.74, 6) is -0.999. The Morgan fingerprint density at radius 3 is 2.18 bits per heavy atom. The van der Waals surface area contributed by atoms with Crippen molar-refractivity contribution in [3.8, 4) is 5.75 Å². The third-order valence-corrected chi connectivity index (χ3v) is 2.70. The van der Waals surface area contributed by atoms with Crippen LogP contribution in [0.2, 0.25) is 0 Å². The predicted molar refractivity (Wildman–Crippen MR) is 79.3 cm³/mol. The zero-order valence-electron chi connectivity index (χ0n) is 12.8. The first-order chi connectivity index (χ1) is 10.2. The number of carbonyl (C=O) groups excluding carboxylic acids is 3. The number of rotatable bonds is 5. The molecule has 1 aromatic rings. The summed E-state index contributed by atoms with van der Waals surface area (Å²) in [4.78, 5) is 32.8. The normalized spacial score (nSPS) is 10.7. The molecule has 7 nitrogen and oxygen atoms in total. The van der Waals surface area contributed by atoms with E-state index in [-0.39, 0.29) is 12.0 Å². The van der Waals surface area contributed by atoms with Gasteiger partial charge in [-0.1, -0.05) is 32.9 Å². The van der Waals surface area contributed by atoms with Gasteiger partial charge in [0.05, 0.1) is 0 Å². The van der Waals surface area contributed by atoms with Crippen LogP contribution in [0.15, 0.2) is 24.3 Å². The highest BCUT2D eigenvalue weighted by molar-refractivity contribution is 5.94. The van der Waals surface area contributed by atoms with E-state index in [1.54, 1.807) is 17.4 Å². The lowest BCUT2D eigenvalue weighted by atomic mass is 9.87. The van der Waals surface area contributed by atoms with Gasteiger partial charge in [-0.3, -0.25) is 10.1 Å². The first-order valence-electron chi connectivity index (χ1n) is 6.67. The van der Waals surface area contributed by atoms with Crippen molar-refractivity contribution in [3.05, 3.63) is 29.8 Å². The van der Waals surface area contributed by atoms with E-state index in [2.05, 4.69) is 25.5 Å². The molecule has 22 heavy (non-hydrogen) atoms. The van der Waals surface area contributed by atoms with Gasteiger partial charge in [0.1, 0.15) is 5.75 Å². The van der Waals surface area contributed by atoms with E-state index in [0.717, 1.165) is 5.56 Å². The second-order valence-corrected chi connectivity index (χ2v) is 5.64. The minimum absolute atomic E-state index is 0.0330. The van der Waals surface area contributed by atoms with Gasteiger partial charge in [0.15, 0.2) is 13.2 Å². The van der Waals surface area contributed by atoms with Crippen molar-refractivity contribution in [2.45, 2.75) is 26.2 Å². The topological polar surface area (TPSA) is 108 Å². The third-order valence-electron chi connectivity index (χ3n) is 2.70. The Bertz CT molecular complexity index is 546. The van der Waals surface area contributed by atoms with Gasteiger partial charge in [-0.05, 0) is 23.1 Å². The Balaban J connectivity index is 2.38. The van der Waals surface area contributed by atoms with E-state index in [1.165, 1.54) is 0 Å². The maximum absolute atomic E-state index is 11.4. The molecule has 0 aliphatic rings. The van der Waals surface area contributed by atoms with Crippen LogP contribution in [0.5, 0.6) is 5.75 Å². The molecule has 3 amide bonds. The number of imide groups is 1. The molecule has 0 aromatic heterocycles. The molecule has 0 saturated heterocycles. The van der Waals surface area contributed by atoms with E-state index in [1.807, 2.05) is 12.1 Å². The molecule has 0 aliphatic carbocycles. The van der Waals surface area contributed by atoms with Crippen LogP contribution in [0.25, 0.3) is 0 Å². The quantitative estimate of drug-likeness (QED) is 0.792. The standard InChI is InChI=1S/C15H20N2O5/c1-15(2,3)10-4-6-11(7-5-10)21-9-13(19)22-8-12(18)17-14(16)20/h4-7H,8-9H2,1-3H3,(H3,16,17,18,20). The molecular formula is C15H20N2O5. The Kier molecular flexibility index (Phi) is 5.91. The minimum atomic E-state index is -1.00. The van der Waals surface area contributed by atoms with E-state index in [4.69, 9.17) is 10.5 Å². The van der Waals surface area contributed by atoms with Crippen LogP contribution < -0.4 is 15.8 Å². The largest absolute Gasteiger partial charge is 0.482 e. The number of benzene rings is 1. The van der Waals surface area contributed by atoms with Crippen molar-refractivity contribution >= 4 is 17.9 Å². The van der Waals surface area contributed by atoms with Crippen molar-refractivity contribution in [2.75, 3.05) is 13.2 Å². The fraction of sp³-hybridized carbons (Fsp3) is 0.400. The molecule has 0 fully saturated rings. The lowest BCUT2D eigenvalue weighted by Gasteiger charge is -2.19. The number of hydrogen-bond donors (Lipinski definition) is 2. The van der Waals surface area contributed by atoms with Crippen LogP contribution in [-0.2, 0) is 19.7 Å². The Hall–Kier alpha value is -2.57. The second kappa shape index (κ2) is 7.44. The van der Waals surface area contributed by atoms with Gasteiger partial charge in [0.2, 0.25) is 0 Å². The summed E-state index contributed by atoms with van der Waals surface area (Å²) in [6.45, 7) is 5.36. The van der Waals surface area contributed by atoms with Crippen LogP contribution in [0, 0.1) is 0 Å². The lowest BCUT2D eigenvalue weighted by Crippen LogP contribution is -2.38. The monoisotopic (exact) mass is 308 g/mol. The molecule has 0 bridgehead atoms. The number of esters is 1. The van der Waals surface area contributed by atoms with Gasteiger partial charge in [-0.15, -0.1) is 0 Å². The molecule has 1 aromatic carbocycles. The van der Waals surface area contributed by atoms with Crippen molar-refractivity contribution in [1.29, 1.82) is 0 Å². The maximum atomic E-state index is 11.4. The van der Waals surface area contributed by atoms with Crippen LogP contribution in [-0.4, -0.2) is 31.1 Å². The molecule has 0 aliphatic heterocycles. The SMILES string of the molecule is CC(C)(C)c1ccc(OCC(=O)OCC(=O)NC(N)=O)cc1.